The van der Waals surface area contributed by atoms with Gasteiger partial charge in [0.1, 0.15) is 18.0 Å². The summed E-state index contributed by atoms with van der Waals surface area (Å²) in [4.78, 5) is 17.5. The van der Waals surface area contributed by atoms with Gasteiger partial charge in [0.25, 0.3) is 5.91 Å². The van der Waals surface area contributed by atoms with Crippen LogP contribution in [0, 0.1) is 0 Å². The summed E-state index contributed by atoms with van der Waals surface area (Å²) in [6, 6.07) is 20.6. The Kier molecular flexibility index (Phi) is 7.22. The van der Waals surface area contributed by atoms with Gasteiger partial charge >= 0.3 is 0 Å². The second-order valence-electron chi connectivity index (χ2n) is 6.98. The van der Waals surface area contributed by atoms with Crippen LogP contribution in [-0.2, 0) is 11.4 Å². The standard InChI is InChI=1S/C25H21ClN2O4S/c1-30-20-11-9-18(26)14-19(20)27-25-28-24(29)23(33-25)13-17-8-10-21(22(12-17)31-2)32-15-16-6-4-3-5-7-16/h3-14H,15H2,1-2H3,(H,27,28,29)/b23-13-. The molecule has 0 saturated carbocycles. The van der Waals surface area contributed by atoms with Gasteiger partial charge in [-0.3, -0.25) is 4.79 Å². The number of rotatable bonds is 7. The highest BCUT2D eigenvalue weighted by Crippen LogP contribution is 2.35. The smallest absolute Gasteiger partial charge is 0.264 e. The maximum atomic E-state index is 12.5. The molecule has 1 aliphatic rings. The van der Waals surface area contributed by atoms with Crippen LogP contribution in [0.25, 0.3) is 6.08 Å². The van der Waals surface area contributed by atoms with E-state index < -0.39 is 0 Å². The summed E-state index contributed by atoms with van der Waals surface area (Å²) in [6.45, 7) is 0.433. The number of nitrogens with one attached hydrogen (secondary N) is 1. The topological polar surface area (TPSA) is 69.2 Å². The molecule has 1 saturated heterocycles. The van der Waals surface area contributed by atoms with Gasteiger partial charge in [0.05, 0.1) is 19.1 Å². The number of carbonyl (C=O) groups excluding carboxylic acids is 1. The number of halogens is 1. The van der Waals surface area contributed by atoms with Crippen LogP contribution in [0.4, 0.5) is 5.69 Å². The number of amidine groups is 1. The molecule has 1 N–H and O–H groups in total. The molecule has 0 bridgehead atoms. The molecule has 4 rings (SSSR count). The van der Waals surface area contributed by atoms with Crippen molar-refractivity contribution in [2.45, 2.75) is 6.61 Å². The number of hydrogen-bond donors (Lipinski definition) is 1. The molecule has 1 fully saturated rings. The van der Waals surface area contributed by atoms with E-state index in [4.69, 9.17) is 25.8 Å². The van der Waals surface area contributed by atoms with Crippen molar-refractivity contribution >= 4 is 46.2 Å². The van der Waals surface area contributed by atoms with Crippen LogP contribution in [0.3, 0.4) is 0 Å². The Labute approximate surface area is 201 Å². The number of thioether (sulfide) groups is 1. The fourth-order valence-electron chi connectivity index (χ4n) is 3.12. The van der Waals surface area contributed by atoms with Crippen molar-refractivity contribution in [1.82, 2.24) is 5.32 Å². The van der Waals surface area contributed by atoms with Crippen molar-refractivity contribution in [3.63, 3.8) is 0 Å². The molecule has 1 aliphatic heterocycles. The number of benzene rings is 3. The van der Waals surface area contributed by atoms with Crippen LogP contribution in [0.2, 0.25) is 5.02 Å². The van der Waals surface area contributed by atoms with Gasteiger partial charge in [0.2, 0.25) is 0 Å². The third kappa shape index (κ3) is 5.69. The maximum Gasteiger partial charge on any atom is 0.264 e. The molecule has 6 nitrogen and oxygen atoms in total. The van der Waals surface area contributed by atoms with Crippen LogP contribution in [0.1, 0.15) is 11.1 Å². The van der Waals surface area contributed by atoms with Crippen LogP contribution < -0.4 is 19.5 Å². The summed E-state index contributed by atoms with van der Waals surface area (Å²) >= 11 is 7.31. The summed E-state index contributed by atoms with van der Waals surface area (Å²) in [5.74, 6) is 1.54. The zero-order valence-corrected chi connectivity index (χ0v) is 19.6. The number of ether oxygens (including phenoxy) is 3. The average molecular weight is 481 g/mol. The quantitative estimate of drug-likeness (QED) is 0.431. The molecule has 0 radical (unpaired) electrons. The van der Waals surface area contributed by atoms with E-state index >= 15 is 0 Å². The van der Waals surface area contributed by atoms with Gasteiger partial charge in [-0.1, -0.05) is 48.0 Å². The van der Waals surface area contributed by atoms with Gasteiger partial charge in [0.15, 0.2) is 16.7 Å². The molecule has 0 atom stereocenters. The molecule has 8 heteroatoms. The predicted molar refractivity (Wildman–Crippen MR) is 133 cm³/mol. The first-order valence-corrected chi connectivity index (χ1v) is 11.2. The van der Waals surface area contributed by atoms with E-state index in [1.54, 1.807) is 38.5 Å². The second-order valence-corrected chi connectivity index (χ2v) is 8.45. The first-order chi connectivity index (χ1) is 16.1. The SMILES string of the molecule is COc1ccc(Cl)cc1N=C1NC(=O)/C(=C/c2ccc(OCc3ccccc3)c(OC)c2)S1. The van der Waals surface area contributed by atoms with Gasteiger partial charge < -0.3 is 19.5 Å². The molecule has 1 amide bonds. The number of methoxy groups -OCH3 is 2. The first-order valence-electron chi connectivity index (χ1n) is 10.0. The molecule has 33 heavy (non-hydrogen) atoms. The third-order valence-electron chi connectivity index (χ3n) is 4.74. The lowest BCUT2D eigenvalue weighted by Gasteiger charge is -2.11. The van der Waals surface area contributed by atoms with Crippen molar-refractivity contribution in [1.29, 1.82) is 0 Å². The van der Waals surface area contributed by atoms with Crippen LogP contribution in [-0.4, -0.2) is 25.3 Å². The zero-order valence-electron chi connectivity index (χ0n) is 18.0. The zero-order chi connectivity index (χ0) is 23.2. The Morgan fingerprint density at radius 3 is 2.48 bits per heavy atom. The normalized spacial score (nSPS) is 15.5. The van der Waals surface area contributed by atoms with Crippen LogP contribution in [0.15, 0.2) is 76.6 Å². The van der Waals surface area contributed by atoms with E-state index in [2.05, 4.69) is 10.3 Å². The molecule has 1 heterocycles. The molecule has 168 valence electrons. The largest absolute Gasteiger partial charge is 0.494 e. The van der Waals surface area contributed by atoms with Crippen LogP contribution in [0.5, 0.6) is 17.2 Å². The average Bonchev–Trinajstić information content (AvgIpc) is 3.17. The Bertz CT molecular complexity index is 1230. The van der Waals surface area contributed by atoms with Gasteiger partial charge in [-0.25, -0.2) is 4.99 Å². The second kappa shape index (κ2) is 10.5. The van der Waals surface area contributed by atoms with Crippen molar-refractivity contribution in [3.8, 4) is 17.2 Å². The highest BCUT2D eigenvalue weighted by atomic mass is 35.5. The number of aliphatic imine (C=N–C) groups is 1. The summed E-state index contributed by atoms with van der Waals surface area (Å²) in [5, 5.41) is 3.75. The fourth-order valence-corrected chi connectivity index (χ4v) is 4.12. The van der Waals surface area contributed by atoms with Crippen molar-refractivity contribution in [2.24, 2.45) is 4.99 Å². The minimum Gasteiger partial charge on any atom is -0.494 e. The molecule has 3 aromatic rings. The molecule has 0 aliphatic carbocycles. The number of carbonyl (C=O) groups is 1. The lowest BCUT2D eigenvalue weighted by Crippen LogP contribution is -2.19. The van der Waals surface area contributed by atoms with Crippen molar-refractivity contribution in [2.75, 3.05) is 14.2 Å². The Morgan fingerprint density at radius 2 is 1.73 bits per heavy atom. The fraction of sp³-hybridized carbons (Fsp3) is 0.120. The van der Waals surface area contributed by atoms with E-state index in [1.165, 1.54) is 11.8 Å². The van der Waals surface area contributed by atoms with Crippen molar-refractivity contribution in [3.05, 3.63) is 87.8 Å². The van der Waals surface area contributed by atoms with E-state index in [0.29, 0.717) is 44.6 Å². The number of hydrogen-bond acceptors (Lipinski definition) is 6. The highest BCUT2D eigenvalue weighted by Gasteiger charge is 2.24. The van der Waals surface area contributed by atoms with Gasteiger partial charge in [0, 0.05) is 5.02 Å². The molecule has 0 aromatic heterocycles. The summed E-state index contributed by atoms with van der Waals surface area (Å²) < 4.78 is 16.7. The Morgan fingerprint density at radius 1 is 0.970 bits per heavy atom. The van der Waals surface area contributed by atoms with Gasteiger partial charge in [-0.2, -0.15) is 0 Å². The molecule has 3 aromatic carbocycles. The summed E-state index contributed by atoms with van der Waals surface area (Å²) in [5.41, 5.74) is 2.40. The van der Waals surface area contributed by atoms with Gasteiger partial charge in [-0.05, 0) is 59.3 Å². The molecule has 0 spiro atoms. The molecular weight excluding hydrogens is 460 g/mol. The predicted octanol–water partition coefficient (Wildman–Crippen LogP) is 5.83. The highest BCUT2D eigenvalue weighted by molar-refractivity contribution is 8.18. The van der Waals surface area contributed by atoms with E-state index in [1.807, 2.05) is 48.5 Å². The number of nitrogens with zero attached hydrogens (tertiary/aromatic N) is 1. The Hall–Kier alpha value is -3.42. The number of amides is 1. The monoisotopic (exact) mass is 480 g/mol. The minimum atomic E-state index is -0.233. The molecular formula is C25H21ClN2O4S. The van der Waals surface area contributed by atoms with Gasteiger partial charge in [-0.15, -0.1) is 0 Å². The maximum absolute atomic E-state index is 12.5. The minimum absolute atomic E-state index is 0.233. The van der Waals surface area contributed by atoms with E-state index in [-0.39, 0.29) is 5.91 Å². The van der Waals surface area contributed by atoms with E-state index in [9.17, 15) is 4.79 Å². The first kappa shape index (κ1) is 22.8. The third-order valence-corrected chi connectivity index (χ3v) is 5.88. The Balaban J connectivity index is 1.51. The molecule has 0 unspecified atom stereocenters. The lowest BCUT2D eigenvalue weighted by molar-refractivity contribution is -0.115. The summed E-state index contributed by atoms with van der Waals surface area (Å²) in [7, 11) is 3.14. The summed E-state index contributed by atoms with van der Waals surface area (Å²) in [6.07, 6.45) is 1.78. The van der Waals surface area contributed by atoms with Crippen molar-refractivity contribution < 1.29 is 19.0 Å². The van der Waals surface area contributed by atoms with E-state index in [0.717, 1.165) is 11.1 Å². The van der Waals surface area contributed by atoms with Crippen LogP contribution >= 0.6 is 23.4 Å². The lowest BCUT2D eigenvalue weighted by atomic mass is 10.2.